The molecule has 0 saturated carbocycles. The molecular formula is C13H11F6N. The molecule has 0 atom stereocenters. The summed E-state index contributed by atoms with van der Waals surface area (Å²) in [6.07, 6.45) is -7.68. The number of benzene rings is 1. The molecule has 0 fully saturated rings. The molecule has 1 aliphatic heterocycles. The summed E-state index contributed by atoms with van der Waals surface area (Å²) in [6.45, 7) is 0.914. The van der Waals surface area contributed by atoms with Gasteiger partial charge in [0, 0.05) is 6.54 Å². The molecule has 0 amide bonds. The van der Waals surface area contributed by atoms with Gasteiger partial charge < -0.3 is 5.32 Å². The largest absolute Gasteiger partial charge is 0.417 e. The second-order valence-electron chi connectivity index (χ2n) is 4.44. The lowest BCUT2D eigenvalue weighted by Gasteiger charge is -2.20. The second-order valence-corrected chi connectivity index (χ2v) is 4.44. The van der Waals surface area contributed by atoms with Crippen LogP contribution in [0.4, 0.5) is 26.3 Å². The minimum Gasteiger partial charge on any atom is -0.313 e. The Hall–Kier alpha value is -1.50. The van der Waals surface area contributed by atoms with Crippen LogP contribution in [0.3, 0.4) is 0 Å². The first kappa shape index (κ1) is 14.9. The van der Waals surface area contributed by atoms with Crippen LogP contribution in [0, 0.1) is 0 Å². The molecule has 1 heterocycles. The van der Waals surface area contributed by atoms with Crippen LogP contribution < -0.4 is 5.32 Å². The van der Waals surface area contributed by atoms with Crippen molar-refractivity contribution < 1.29 is 26.3 Å². The molecule has 1 aromatic rings. The summed E-state index contributed by atoms with van der Waals surface area (Å²) in [4.78, 5) is 0. The fourth-order valence-corrected chi connectivity index (χ4v) is 2.10. The van der Waals surface area contributed by atoms with Crippen molar-refractivity contribution in [1.29, 1.82) is 0 Å². The molecule has 1 aliphatic rings. The van der Waals surface area contributed by atoms with Crippen LogP contribution in [-0.2, 0) is 12.4 Å². The van der Waals surface area contributed by atoms with E-state index in [2.05, 4.69) is 5.32 Å². The van der Waals surface area contributed by atoms with E-state index in [0.29, 0.717) is 31.1 Å². The van der Waals surface area contributed by atoms with E-state index in [1.54, 1.807) is 6.08 Å². The number of hydrogen-bond acceptors (Lipinski definition) is 1. The van der Waals surface area contributed by atoms with Crippen molar-refractivity contribution in [3.8, 4) is 0 Å². The standard InChI is InChI=1S/C13H11F6N/c14-12(15,16)9-1-2-10(8-3-5-20-6-4-8)11(7-9)13(17,18)19/h1-3,7,20H,4-6H2. The maximum absolute atomic E-state index is 13.0. The van der Waals surface area contributed by atoms with Crippen LogP contribution in [0.25, 0.3) is 5.57 Å². The predicted molar refractivity (Wildman–Crippen MR) is 61.9 cm³/mol. The monoisotopic (exact) mass is 295 g/mol. The molecule has 20 heavy (non-hydrogen) atoms. The van der Waals surface area contributed by atoms with Gasteiger partial charge in [0.05, 0.1) is 11.1 Å². The molecule has 0 bridgehead atoms. The summed E-state index contributed by atoms with van der Waals surface area (Å²) >= 11 is 0. The van der Waals surface area contributed by atoms with Gasteiger partial charge >= 0.3 is 12.4 Å². The van der Waals surface area contributed by atoms with E-state index >= 15 is 0 Å². The minimum atomic E-state index is -4.82. The zero-order valence-corrected chi connectivity index (χ0v) is 10.2. The maximum atomic E-state index is 13.0. The topological polar surface area (TPSA) is 12.0 Å². The van der Waals surface area contributed by atoms with Crippen molar-refractivity contribution in [2.24, 2.45) is 0 Å². The maximum Gasteiger partial charge on any atom is 0.417 e. The van der Waals surface area contributed by atoms with Gasteiger partial charge in [0.15, 0.2) is 0 Å². The van der Waals surface area contributed by atoms with Crippen molar-refractivity contribution in [3.05, 3.63) is 41.0 Å². The minimum absolute atomic E-state index is 0.174. The third-order valence-electron chi connectivity index (χ3n) is 3.06. The lowest BCUT2D eigenvalue weighted by atomic mass is 9.93. The van der Waals surface area contributed by atoms with Gasteiger partial charge in [-0.05, 0) is 36.2 Å². The SMILES string of the molecule is FC(F)(F)c1ccc(C2=CCNCC2)c(C(F)(F)F)c1. The number of alkyl halides is 6. The second kappa shape index (κ2) is 5.12. The van der Waals surface area contributed by atoms with Crippen molar-refractivity contribution >= 4 is 5.57 Å². The van der Waals surface area contributed by atoms with Crippen molar-refractivity contribution in [3.63, 3.8) is 0 Å². The highest BCUT2D eigenvalue weighted by molar-refractivity contribution is 5.70. The van der Waals surface area contributed by atoms with Crippen molar-refractivity contribution in [1.82, 2.24) is 5.32 Å². The number of rotatable bonds is 1. The van der Waals surface area contributed by atoms with Crippen LogP contribution in [0.15, 0.2) is 24.3 Å². The van der Waals surface area contributed by atoms with Gasteiger partial charge in [-0.2, -0.15) is 26.3 Å². The van der Waals surface area contributed by atoms with Crippen molar-refractivity contribution in [2.75, 3.05) is 13.1 Å². The number of halogens is 6. The van der Waals surface area contributed by atoms with Crippen molar-refractivity contribution in [2.45, 2.75) is 18.8 Å². The molecule has 0 unspecified atom stereocenters. The highest BCUT2D eigenvalue weighted by atomic mass is 19.4. The Morgan fingerprint density at radius 3 is 2.15 bits per heavy atom. The molecular weight excluding hydrogens is 284 g/mol. The van der Waals surface area contributed by atoms with Crippen LogP contribution in [0.5, 0.6) is 0 Å². The van der Waals surface area contributed by atoms with Crippen LogP contribution in [-0.4, -0.2) is 13.1 Å². The molecule has 0 saturated heterocycles. The summed E-state index contributed by atoms with van der Waals surface area (Å²) in [5, 5.41) is 2.94. The zero-order chi connectivity index (χ0) is 15.0. The van der Waals surface area contributed by atoms with E-state index in [4.69, 9.17) is 0 Å². The molecule has 1 aromatic carbocycles. The highest BCUT2D eigenvalue weighted by Crippen LogP contribution is 2.40. The van der Waals surface area contributed by atoms with E-state index in [1.807, 2.05) is 0 Å². The molecule has 1 N–H and O–H groups in total. The Balaban J connectivity index is 2.54. The molecule has 0 aromatic heterocycles. The molecule has 0 spiro atoms. The van der Waals surface area contributed by atoms with Crippen LogP contribution in [0.2, 0.25) is 0 Å². The lowest BCUT2D eigenvalue weighted by Crippen LogP contribution is -2.21. The smallest absolute Gasteiger partial charge is 0.313 e. The van der Waals surface area contributed by atoms with Gasteiger partial charge in [-0.1, -0.05) is 12.1 Å². The molecule has 2 rings (SSSR count). The van der Waals surface area contributed by atoms with Gasteiger partial charge in [0.1, 0.15) is 0 Å². The predicted octanol–water partition coefficient (Wildman–Crippen LogP) is 4.10. The highest BCUT2D eigenvalue weighted by Gasteiger charge is 2.38. The average Bonchev–Trinajstić information content (AvgIpc) is 2.37. The molecule has 0 aliphatic carbocycles. The summed E-state index contributed by atoms with van der Waals surface area (Å²) in [5.74, 6) is 0. The first-order chi connectivity index (χ1) is 9.19. The molecule has 7 heteroatoms. The van der Waals surface area contributed by atoms with Crippen LogP contribution in [0.1, 0.15) is 23.1 Å². The van der Waals surface area contributed by atoms with E-state index in [1.165, 1.54) is 0 Å². The normalized spacial score (nSPS) is 17.0. The number of hydrogen-bond donors (Lipinski definition) is 1. The fourth-order valence-electron chi connectivity index (χ4n) is 2.10. The summed E-state index contributed by atoms with van der Waals surface area (Å²) in [7, 11) is 0. The number of nitrogens with one attached hydrogen (secondary N) is 1. The Bertz CT molecular complexity index is 527. The van der Waals surface area contributed by atoms with E-state index < -0.39 is 23.5 Å². The summed E-state index contributed by atoms with van der Waals surface area (Å²) in [5.41, 5.74) is -2.28. The lowest BCUT2D eigenvalue weighted by molar-refractivity contribution is -0.143. The fraction of sp³-hybridized carbons (Fsp3) is 0.385. The third-order valence-corrected chi connectivity index (χ3v) is 3.06. The van der Waals surface area contributed by atoms with Gasteiger partial charge in [0.25, 0.3) is 0 Å². The molecule has 0 radical (unpaired) electrons. The molecule has 110 valence electrons. The average molecular weight is 295 g/mol. The third kappa shape index (κ3) is 3.15. The van der Waals surface area contributed by atoms with Gasteiger partial charge in [0.2, 0.25) is 0 Å². The van der Waals surface area contributed by atoms with Gasteiger partial charge in [-0.3, -0.25) is 0 Å². The summed E-state index contributed by atoms with van der Waals surface area (Å²) < 4.78 is 76.5. The van der Waals surface area contributed by atoms with E-state index in [9.17, 15) is 26.3 Å². The van der Waals surface area contributed by atoms with E-state index in [0.717, 1.165) is 6.07 Å². The van der Waals surface area contributed by atoms with Gasteiger partial charge in [-0.25, -0.2) is 0 Å². The summed E-state index contributed by atoms with van der Waals surface area (Å²) in [6, 6.07) is 1.77. The van der Waals surface area contributed by atoms with Crippen LogP contribution >= 0.6 is 0 Å². The Morgan fingerprint density at radius 2 is 1.65 bits per heavy atom. The first-order valence-electron chi connectivity index (χ1n) is 5.88. The van der Waals surface area contributed by atoms with E-state index in [-0.39, 0.29) is 11.6 Å². The Morgan fingerprint density at radius 1 is 0.950 bits per heavy atom. The zero-order valence-electron chi connectivity index (χ0n) is 10.2. The Labute approximate surface area is 111 Å². The quantitative estimate of drug-likeness (QED) is 0.769. The first-order valence-corrected chi connectivity index (χ1v) is 5.88. The molecule has 1 nitrogen and oxygen atoms in total. The Kier molecular flexibility index (Phi) is 3.82. The van der Waals surface area contributed by atoms with Gasteiger partial charge in [-0.15, -0.1) is 0 Å².